The second-order valence-electron chi connectivity index (χ2n) is 5.56. The van der Waals surface area contributed by atoms with Crippen molar-refractivity contribution in [3.8, 4) is 5.88 Å². The number of halogens is 1. The number of rotatable bonds is 5. The second kappa shape index (κ2) is 6.35. The molecule has 25 heavy (non-hydrogen) atoms. The lowest BCUT2D eigenvalue weighted by Crippen LogP contribution is -2.01. The summed E-state index contributed by atoms with van der Waals surface area (Å²) in [5.41, 5.74) is 2.73. The Hall–Kier alpha value is -3.22. The lowest BCUT2D eigenvalue weighted by Gasteiger charge is -2.08. The van der Waals surface area contributed by atoms with Gasteiger partial charge in [-0.25, -0.2) is 14.4 Å². The maximum absolute atomic E-state index is 12.2. The fraction of sp³-hybridized carbons (Fsp3) is 0.167. The zero-order valence-electron chi connectivity index (χ0n) is 13.6. The molecule has 0 aliphatic heterocycles. The molecule has 0 saturated carbocycles. The largest absolute Gasteiger partial charge is 0.475 e. The summed E-state index contributed by atoms with van der Waals surface area (Å²) < 4.78 is 19.5. The molecule has 0 saturated heterocycles. The molecule has 4 aromatic rings. The molecule has 1 N–H and O–H groups in total. The van der Waals surface area contributed by atoms with Gasteiger partial charge in [-0.3, -0.25) is 4.98 Å². The van der Waals surface area contributed by atoms with E-state index in [4.69, 9.17) is 9.72 Å². The van der Waals surface area contributed by atoms with Crippen molar-refractivity contribution in [2.75, 3.05) is 18.6 Å². The van der Waals surface area contributed by atoms with Crippen LogP contribution in [-0.4, -0.2) is 32.8 Å². The van der Waals surface area contributed by atoms with Gasteiger partial charge in [0.25, 0.3) is 0 Å². The number of alkyl halides is 1. The molecule has 4 rings (SSSR count). The Morgan fingerprint density at radius 2 is 2.08 bits per heavy atom. The van der Waals surface area contributed by atoms with Gasteiger partial charge in [0.15, 0.2) is 0 Å². The van der Waals surface area contributed by atoms with Gasteiger partial charge in [0.1, 0.15) is 24.7 Å². The molecule has 0 bridgehead atoms. The molecule has 0 spiro atoms. The van der Waals surface area contributed by atoms with Crippen molar-refractivity contribution in [1.29, 1.82) is 0 Å². The summed E-state index contributed by atoms with van der Waals surface area (Å²) in [6.45, 7) is -0.557. The van der Waals surface area contributed by atoms with Crippen LogP contribution in [0.5, 0.6) is 5.88 Å². The van der Waals surface area contributed by atoms with E-state index in [0.29, 0.717) is 11.7 Å². The van der Waals surface area contributed by atoms with Crippen LogP contribution in [0.2, 0.25) is 0 Å². The van der Waals surface area contributed by atoms with Crippen LogP contribution in [0.25, 0.3) is 21.9 Å². The van der Waals surface area contributed by atoms with E-state index < -0.39 is 6.67 Å². The minimum atomic E-state index is -0.548. The van der Waals surface area contributed by atoms with Gasteiger partial charge in [-0.15, -0.1) is 0 Å². The van der Waals surface area contributed by atoms with Gasteiger partial charge in [0.2, 0.25) is 5.88 Å². The first-order valence-electron chi connectivity index (χ1n) is 7.87. The van der Waals surface area contributed by atoms with Crippen molar-refractivity contribution in [3.05, 3.63) is 48.9 Å². The normalized spacial score (nSPS) is 11.1. The van der Waals surface area contributed by atoms with E-state index in [0.717, 1.165) is 27.6 Å². The van der Waals surface area contributed by atoms with Crippen molar-refractivity contribution >= 4 is 33.4 Å². The first-order chi connectivity index (χ1) is 12.3. The number of hydrogen-bond donors (Lipinski definition) is 1. The van der Waals surface area contributed by atoms with Gasteiger partial charge < -0.3 is 14.6 Å². The number of aryl methyl sites for hydroxylation is 1. The molecule has 126 valence electrons. The molecule has 6 nitrogen and oxygen atoms in total. The van der Waals surface area contributed by atoms with Gasteiger partial charge in [0, 0.05) is 48.2 Å². The molecule has 4 heterocycles. The third-order valence-corrected chi connectivity index (χ3v) is 3.98. The highest BCUT2D eigenvalue weighted by atomic mass is 19.1. The predicted molar refractivity (Wildman–Crippen MR) is 95.0 cm³/mol. The summed E-state index contributed by atoms with van der Waals surface area (Å²) in [5, 5.41) is 5.36. The Bertz CT molecular complexity index is 1050. The fourth-order valence-electron chi connectivity index (χ4n) is 2.84. The highest BCUT2D eigenvalue weighted by Crippen LogP contribution is 2.28. The van der Waals surface area contributed by atoms with Crippen molar-refractivity contribution in [1.82, 2.24) is 19.5 Å². The molecule has 0 aliphatic carbocycles. The predicted octanol–water partition coefficient (Wildman–Crippen LogP) is 3.61. The third-order valence-electron chi connectivity index (χ3n) is 3.98. The molecule has 0 unspecified atom stereocenters. The number of aromatic nitrogens is 4. The SMILES string of the molecule is Cn1c2ccncc2c2ccc(Nc3ccnc(OCCF)c3)nc21. The third kappa shape index (κ3) is 2.84. The Morgan fingerprint density at radius 1 is 1.16 bits per heavy atom. The minimum Gasteiger partial charge on any atom is -0.475 e. The van der Waals surface area contributed by atoms with Crippen LogP contribution < -0.4 is 10.1 Å². The Labute approximate surface area is 143 Å². The summed E-state index contributed by atoms with van der Waals surface area (Å²) in [6.07, 6.45) is 5.23. The summed E-state index contributed by atoms with van der Waals surface area (Å²) >= 11 is 0. The number of anilines is 2. The second-order valence-corrected chi connectivity index (χ2v) is 5.56. The fourth-order valence-corrected chi connectivity index (χ4v) is 2.84. The highest BCUT2D eigenvalue weighted by Gasteiger charge is 2.10. The maximum atomic E-state index is 12.2. The van der Waals surface area contributed by atoms with E-state index in [9.17, 15) is 4.39 Å². The number of pyridine rings is 3. The topological polar surface area (TPSA) is 64.9 Å². The number of hydrogen-bond acceptors (Lipinski definition) is 5. The van der Waals surface area contributed by atoms with Crippen LogP contribution in [0.4, 0.5) is 15.9 Å². The molecule has 4 aromatic heterocycles. The highest BCUT2D eigenvalue weighted by molar-refractivity contribution is 6.06. The maximum Gasteiger partial charge on any atom is 0.215 e. The minimum absolute atomic E-state index is 0.00929. The van der Waals surface area contributed by atoms with Crippen LogP contribution in [0.3, 0.4) is 0 Å². The van der Waals surface area contributed by atoms with Crippen LogP contribution in [0.15, 0.2) is 48.9 Å². The Kier molecular flexibility index (Phi) is 3.89. The lowest BCUT2D eigenvalue weighted by atomic mass is 10.2. The van der Waals surface area contributed by atoms with E-state index >= 15 is 0 Å². The molecular weight excluding hydrogens is 321 g/mol. The zero-order chi connectivity index (χ0) is 17.2. The molecule has 0 fully saturated rings. The van der Waals surface area contributed by atoms with Gasteiger partial charge in [-0.05, 0) is 24.3 Å². The zero-order valence-corrected chi connectivity index (χ0v) is 13.6. The molecule has 0 aromatic carbocycles. The molecular formula is C18H16FN5O. The standard InChI is InChI=1S/C18H16FN5O/c1-24-15-5-7-20-11-14(15)13-2-3-16(23-18(13)24)22-12-4-8-21-17(10-12)25-9-6-19/h2-5,7-8,10-11H,6,9H2,1H3,(H,21,22,23). The number of fused-ring (bicyclic) bond motifs is 3. The van der Waals surface area contributed by atoms with Crippen molar-refractivity contribution in [3.63, 3.8) is 0 Å². The smallest absolute Gasteiger partial charge is 0.215 e. The van der Waals surface area contributed by atoms with E-state index in [1.54, 1.807) is 24.5 Å². The molecule has 0 amide bonds. The summed E-state index contributed by atoms with van der Waals surface area (Å²) in [7, 11) is 1.98. The average molecular weight is 337 g/mol. The quantitative estimate of drug-likeness (QED) is 0.603. The van der Waals surface area contributed by atoms with Gasteiger partial charge in [0.05, 0.1) is 5.52 Å². The summed E-state index contributed by atoms with van der Waals surface area (Å²) in [5.74, 6) is 1.08. The number of ether oxygens (including phenoxy) is 1. The van der Waals surface area contributed by atoms with Crippen molar-refractivity contribution in [2.24, 2.45) is 7.05 Å². The number of nitrogens with one attached hydrogen (secondary N) is 1. The van der Waals surface area contributed by atoms with Crippen LogP contribution >= 0.6 is 0 Å². The van der Waals surface area contributed by atoms with Crippen molar-refractivity contribution in [2.45, 2.75) is 0 Å². The Morgan fingerprint density at radius 3 is 2.96 bits per heavy atom. The lowest BCUT2D eigenvalue weighted by molar-refractivity contribution is 0.264. The van der Waals surface area contributed by atoms with Gasteiger partial charge in [-0.2, -0.15) is 0 Å². The first-order valence-corrected chi connectivity index (χ1v) is 7.87. The van der Waals surface area contributed by atoms with Crippen LogP contribution in [0.1, 0.15) is 0 Å². The van der Waals surface area contributed by atoms with Crippen molar-refractivity contribution < 1.29 is 9.13 Å². The van der Waals surface area contributed by atoms with Gasteiger partial charge in [-0.1, -0.05) is 0 Å². The van der Waals surface area contributed by atoms with Gasteiger partial charge >= 0.3 is 0 Å². The molecule has 7 heteroatoms. The van der Waals surface area contributed by atoms with Crippen LogP contribution in [0, 0.1) is 0 Å². The van der Waals surface area contributed by atoms with E-state index in [1.807, 2.05) is 36.0 Å². The first kappa shape index (κ1) is 15.3. The average Bonchev–Trinajstić information content (AvgIpc) is 2.93. The Balaban J connectivity index is 1.68. The van der Waals surface area contributed by atoms with E-state index in [1.165, 1.54) is 0 Å². The van der Waals surface area contributed by atoms with Crippen LogP contribution in [-0.2, 0) is 7.05 Å². The molecule has 0 radical (unpaired) electrons. The molecule has 0 atom stereocenters. The van der Waals surface area contributed by atoms with E-state index in [2.05, 4.69) is 15.3 Å². The summed E-state index contributed by atoms with van der Waals surface area (Å²) in [4.78, 5) is 12.9. The molecule has 0 aliphatic rings. The summed E-state index contributed by atoms with van der Waals surface area (Å²) in [6, 6.07) is 9.43. The van der Waals surface area contributed by atoms with E-state index in [-0.39, 0.29) is 6.61 Å². The monoisotopic (exact) mass is 337 g/mol. The number of nitrogens with zero attached hydrogens (tertiary/aromatic N) is 4.